The van der Waals surface area contributed by atoms with E-state index in [1.54, 1.807) is 0 Å². The Bertz CT molecular complexity index is 171. The molecule has 0 N–H and O–H groups in total. The lowest BCUT2D eigenvalue weighted by molar-refractivity contribution is -0.148. The predicted octanol–water partition coefficient (Wildman–Crippen LogP) is 4.45. The van der Waals surface area contributed by atoms with Crippen LogP contribution >= 0.6 is 15.9 Å². The van der Waals surface area contributed by atoms with Crippen molar-refractivity contribution in [3.63, 3.8) is 0 Å². The number of carbonyl (C=O) groups excluding carboxylic acids is 1. The highest BCUT2D eigenvalue weighted by Crippen LogP contribution is 2.09. The lowest BCUT2D eigenvalue weighted by atomic mass is 10.1. The third kappa shape index (κ3) is 10.5. The van der Waals surface area contributed by atoms with E-state index >= 15 is 0 Å². The van der Waals surface area contributed by atoms with Crippen molar-refractivity contribution in [1.82, 2.24) is 0 Å². The topological polar surface area (TPSA) is 26.3 Å². The minimum Gasteiger partial charge on any atom is -0.463 e. The number of hydrogen-bond acceptors (Lipinski definition) is 2. The Morgan fingerprint density at radius 3 is 2.56 bits per heavy atom. The lowest BCUT2D eigenvalue weighted by Gasteiger charge is -2.12. The van der Waals surface area contributed by atoms with Gasteiger partial charge in [-0.1, -0.05) is 42.1 Å². The molecule has 0 aliphatic rings. The molecule has 0 bridgehead atoms. The highest BCUT2D eigenvalue weighted by atomic mass is 79.9. The molecule has 1 unspecified atom stereocenters. The van der Waals surface area contributed by atoms with Crippen molar-refractivity contribution in [2.45, 2.75) is 71.3 Å². The number of carbonyl (C=O) groups is 1. The van der Waals surface area contributed by atoms with Crippen LogP contribution in [-0.2, 0) is 9.53 Å². The van der Waals surface area contributed by atoms with Gasteiger partial charge < -0.3 is 4.74 Å². The van der Waals surface area contributed by atoms with Crippen LogP contribution in [0.5, 0.6) is 0 Å². The number of esters is 1. The third-order valence-corrected chi connectivity index (χ3v) is 3.12. The Labute approximate surface area is 108 Å². The molecular weight excluding hydrogens is 268 g/mol. The standard InChI is InChI=1S/C13H25BrO2/c1-3-4-6-9-12(2)16-13(15)10-7-5-8-11-14/h12H,3-11H2,1-2H3. The van der Waals surface area contributed by atoms with Gasteiger partial charge in [-0.2, -0.15) is 0 Å². The number of halogens is 1. The first-order valence-corrected chi connectivity index (χ1v) is 7.58. The molecular formula is C13H25BrO2. The van der Waals surface area contributed by atoms with E-state index < -0.39 is 0 Å². The zero-order chi connectivity index (χ0) is 12.2. The molecule has 0 radical (unpaired) electrons. The Balaban J connectivity index is 3.39. The fourth-order valence-corrected chi connectivity index (χ4v) is 1.96. The maximum Gasteiger partial charge on any atom is 0.306 e. The van der Waals surface area contributed by atoms with E-state index in [9.17, 15) is 4.79 Å². The number of rotatable bonds is 10. The summed E-state index contributed by atoms with van der Waals surface area (Å²) in [5.41, 5.74) is 0. The Hall–Kier alpha value is -0.0500. The normalized spacial score (nSPS) is 12.4. The van der Waals surface area contributed by atoms with E-state index in [1.807, 2.05) is 6.92 Å². The monoisotopic (exact) mass is 292 g/mol. The van der Waals surface area contributed by atoms with E-state index in [0.29, 0.717) is 6.42 Å². The van der Waals surface area contributed by atoms with Gasteiger partial charge >= 0.3 is 5.97 Å². The van der Waals surface area contributed by atoms with Crippen molar-refractivity contribution in [2.75, 3.05) is 5.33 Å². The van der Waals surface area contributed by atoms with Gasteiger partial charge in [0.15, 0.2) is 0 Å². The minimum absolute atomic E-state index is 0.0291. The van der Waals surface area contributed by atoms with Gasteiger partial charge in [0.2, 0.25) is 0 Å². The summed E-state index contributed by atoms with van der Waals surface area (Å²) in [5.74, 6) is -0.0291. The van der Waals surface area contributed by atoms with Crippen LogP contribution in [0, 0.1) is 0 Å². The van der Waals surface area contributed by atoms with Crippen LogP contribution in [0.15, 0.2) is 0 Å². The summed E-state index contributed by atoms with van der Waals surface area (Å²) in [6, 6.07) is 0. The fourth-order valence-electron chi connectivity index (χ4n) is 1.56. The molecule has 0 aliphatic carbocycles. The summed E-state index contributed by atoms with van der Waals surface area (Å²) in [6.07, 6.45) is 8.46. The van der Waals surface area contributed by atoms with Crippen LogP contribution in [-0.4, -0.2) is 17.4 Å². The number of hydrogen-bond donors (Lipinski definition) is 0. The van der Waals surface area contributed by atoms with Crippen molar-refractivity contribution in [3.8, 4) is 0 Å². The van der Waals surface area contributed by atoms with Gasteiger partial charge in [0.25, 0.3) is 0 Å². The van der Waals surface area contributed by atoms with Crippen molar-refractivity contribution in [1.29, 1.82) is 0 Å². The van der Waals surface area contributed by atoms with Crippen molar-refractivity contribution in [2.24, 2.45) is 0 Å². The van der Waals surface area contributed by atoms with E-state index in [2.05, 4.69) is 22.9 Å². The van der Waals surface area contributed by atoms with Crippen molar-refractivity contribution < 1.29 is 9.53 Å². The Morgan fingerprint density at radius 1 is 1.19 bits per heavy atom. The number of alkyl halides is 1. The van der Waals surface area contributed by atoms with Crippen LogP contribution in [0.4, 0.5) is 0 Å². The molecule has 2 nitrogen and oxygen atoms in total. The first-order chi connectivity index (χ1) is 7.70. The molecule has 16 heavy (non-hydrogen) atoms. The molecule has 96 valence electrons. The minimum atomic E-state index is -0.0291. The van der Waals surface area contributed by atoms with Crippen LogP contribution in [0.25, 0.3) is 0 Å². The molecule has 0 spiro atoms. The second kappa shape index (κ2) is 11.4. The zero-order valence-electron chi connectivity index (χ0n) is 10.6. The zero-order valence-corrected chi connectivity index (χ0v) is 12.2. The highest BCUT2D eigenvalue weighted by Gasteiger charge is 2.08. The van der Waals surface area contributed by atoms with E-state index in [4.69, 9.17) is 4.74 Å². The van der Waals surface area contributed by atoms with Gasteiger partial charge in [0.05, 0.1) is 6.10 Å². The molecule has 3 heteroatoms. The summed E-state index contributed by atoms with van der Waals surface area (Å²) in [7, 11) is 0. The quantitative estimate of drug-likeness (QED) is 0.338. The van der Waals surface area contributed by atoms with Gasteiger partial charge in [0.1, 0.15) is 0 Å². The fraction of sp³-hybridized carbons (Fsp3) is 0.923. The molecule has 0 amide bonds. The molecule has 0 heterocycles. The lowest BCUT2D eigenvalue weighted by Crippen LogP contribution is -2.14. The van der Waals surface area contributed by atoms with Gasteiger partial charge in [0, 0.05) is 11.8 Å². The molecule has 1 atom stereocenters. The molecule has 0 aromatic carbocycles. The first kappa shape index (κ1) is 16.0. The van der Waals surface area contributed by atoms with Gasteiger partial charge in [-0.05, 0) is 32.6 Å². The highest BCUT2D eigenvalue weighted by molar-refractivity contribution is 9.09. The molecule has 0 rings (SSSR count). The maximum atomic E-state index is 11.4. The second-order valence-electron chi connectivity index (χ2n) is 4.30. The largest absolute Gasteiger partial charge is 0.463 e. The summed E-state index contributed by atoms with van der Waals surface area (Å²) in [6.45, 7) is 4.17. The SMILES string of the molecule is CCCCCC(C)OC(=O)CCCCCBr. The van der Waals surface area contributed by atoms with Gasteiger partial charge in [-0.15, -0.1) is 0 Å². The summed E-state index contributed by atoms with van der Waals surface area (Å²) < 4.78 is 5.33. The summed E-state index contributed by atoms with van der Waals surface area (Å²) in [5, 5.41) is 1.02. The summed E-state index contributed by atoms with van der Waals surface area (Å²) >= 11 is 3.38. The average molecular weight is 293 g/mol. The first-order valence-electron chi connectivity index (χ1n) is 6.46. The number of ether oxygens (including phenoxy) is 1. The Morgan fingerprint density at radius 2 is 1.94 bits per heavy atom. The average Bonchev–Trinajstić information content (AvgIpc) is 2.25. The summed E-state index contributed by atoms with van der Waals surface area (Å²) in [4.78, 5) is 11.4. The molecule has 0 fully saturated rings. The van der Waals surface area contributed by atoms with Crippen molar-refractivity contribution >= 4 is 21.9 Å². The second-order valence-corrected chi connectivity index (χ2v) is 5.09. The molecule has 0 aromatic rings. The molecule has 0 aliphatic heterocycles. The van der Waals surface area contributed by atoms with E-state index in [-0.39, 0.29) is 12.1 Å². The maximum absolute atomic E-state index is 11.4. The molecule has 0 saturated carbocycles. The molecule has 0 saturated heterocycles. The van der Waals surface area contributed by atoms with Gasteiger partial charge in [-0.25, -0.2) is 0 Å². The van der Waals surface area contributed by atoms with Crippen molar-refractivity contribution in [3.05, 3.63) is 0 Å². The number of unbranched alkanes of at least 4 members (excludes halogenated alkanes) is 4. The van der Waals surface area contributed by atoms with Crippen LogP contribution in [0.1, 0.15) is 65.2 Å². The van der Waals surface area contributed by atoms with E-state index in [0.717, 1.165) is 37.4 Å². The smallest absolute Gasteiger partial charge is 0.306 e. The van der Waals surface area contributed by atoms with Crippen LogP contribution in [0.2, 0.25) is 0 Å². The predicted molar refractivity (Wildman–Crippen MR) is 72.0 cm³/mol. The third-order valence-electron chi connectivity index (χ3n) is 2.56. The van der Waals surface area contributed by atoms with Gasteiger partial charge in [-0.3, -0.25) is 4.79 Å². The van der Waals surface area contributed by atoms with Crippen LogP contribution < -0.4 is 0 Å². The Kier molecular flexibility index (Phi) is 11.4. The van der Waals surface area contributed by atoms with Crippen LogP contribution in [0.3, 0.4) is 0 Å². The van der Waals surface area contributed by atoms with E-state index in [1.165, 1.54) is 12.8 Å². The molecule has 0 aromatic heterocycles.